The summed E-state index contributed by atoms with van der Waals surface area (Å²) in [6.45, 7) is 0.964. The van der Waals surface area contributed by atoms with Gasteiger partial charge in [0.15, 0.2) is 11.5 Å². The molecule has 4 rings (SSSR count). The van der Waals surface area contributed by atoms with Crippen LogP contribution in [0.1, 0.15) is 32.1 Å². The van der Waals surface area contributed by atoms with Gasteiger partial charge in [0.25, 0.3) is 0 Å². The van der Waals surface area contributed by atoms with Crippen LogP contribution in [-0.2, 0) is 9.59 Å². The first-order chi connectivity index (χ1) is 12.1. The van der Waals surface area contributed by atoms with E-state index >= 15 is 0 Å². The van der Waals surface area contributed by atoms with Gasteiger partial charge in [-0.05, 0) is 30.9 Å². The number of hydrogen-bond acceptors (Lipinski definition) is 5. The third-order valence-electron chi connectivity index (χ3n) is 5.13. The topological polar surface area (TPSA) is 85.3 Å². The molecule has 25 heavy (non-hydrogen) atoms. The zero-order valence-electron chi connectivity index (χ0n) is 13.9. The van der Waals surface area contributed by atoms with Crippen LogP contribution in [0.25, 0.3) is 0 Å². The minimum Gasteiger partial charge on any atom is -0.478 e. The summed E-state index contributed by atoms with van der Waals surface area (Å²) in [5.74, 6) is 1.27. The number of piperidine rings is 1. The quantitative estimate of drug-likeness (QED) is 0.877. The smallest absolute Gasteiger partial charge is 0.348 e. The number of carboxylic acids is 1. The Morgan fingerprint density at radius 3 is 2.60 bits per heavy atom. The molecule has 7 nitrogen and oxygen atoms in total. The second-order valence-electron chi connectivity index (χ2n) is 6.94. The Kier molecular flexibility index (Phi) is 3.94. The molecular formula is C18H21NO6. The van der Waals surface area contributed by atoms with E-state index in [0.717, 1.165) is 12.8 Å². The summed E-state index contributed by atoms with van der Waals surface area (Å²) in [6, 6.07) is 5.04. The molecule has 1 saturated heterocycles. The standard InChI is InChI=1S/C18H21NO6/c20-16(9-12-1-2-12)19-7-5-18(6-8-19,17(21)22)25-13-3-4-14-15(10-13)24-11-23-14/h3-4,10,12H,1-2,5-9,11H2,(H,21,22). The molecule has 1 amide bonds. The van der Waals surface area contributed by atoms with E-state index in [1.165, 1.54) is 0 Å². The molecule has 1 aromatic rings. The Labute approximate surface area is 145 Å². The highest BCUT2D eigenvalue weighted by atomic mass is 16.7. The fourth-order valence-corrected chi connectivity index (χ4v) is 3.34. The number of likely N-dealkylation sites (tertiary alicyclic amines) is 1. The van der Waals surface area contributed by atoms with Gasteiger partial charge in [-0.15, -0.1) is 0 Å². The number of hydrogen-bond donors (Lipinski definition) is 1. The molecule has 1 aromatic carbocycles. The molecule has 2 fully saturated rings. The van der Waals surface area contributed by atoms with Gasteiger partial charge >= 0.3 is 5.97 Å². The Morgan fingerprint density at radius 1 is 1.20 bits per heavy atom. The molecule has 0 radical (unpaired) electrons. The largest absolute Gasteiger partial charge is 0.478 e. The van der Waals surface area contributed by atoms with Crippen LogP contribution in [0.3, 0.4) is 0 Å². The van der Waals surface area contributed by atoms with Crippen LogP contribution in [0.15, 0.2) is 18.2 Å². The van der Waals surface area contributed by atoms with Gasteiger partial charge in [0.2, 0.25) is 18.3 Å². The maximum atomic E-state index is 12.2. The Morgan fingerprint density at radius 2 is 1.92 bits per heavy atom. The summed E-state index contributed by atoms with van der Waals surface area (Å²) in [5.41, 5.74) is -1.32. The van der Waals surface area contributed by atoms with Gasteiger partial charge in [-0.1, -0.05) is 0 Å². The summed E-state index contributed by atoms with van der Waals surface area (Å²) in [6.07, 6.45) is 3.39. The first kappa shape index (κ1) is 16.1. The van der Waals surface area contributed by atoms with Crippen molar-refractivity contribution in [1.82, 2.24) is 4.90 Å². The second kappa shape index (κ2) is 6.13. The molecule has 0 atom stereocenters. The summed E-state index contributed by atoms with van der Waals surface area (Å²) < 4.78 is 16.4. The van der Waals surface area contributed by atoms with Crippen molar-refractivity contribution in [2.24, 2.45) is 5.92 Å². The lowest BCUT2D eigenvalue weighted by Crippen LogP contribution is -2.54. The molecule has 0 aromatic heterocycles. The van der Waals surface area contributed by atoms with Crippen molar-refractivity contribution in [3.63, 3.8) is 0 Å². The average Bonchev–Trinajstić information content (AvgIpc) is 3.29. The summed E-state index contributed by atoms with van der Waals surface area (Å²) >= 11 is 0. The number of benzene rings is 1. The zero-order valence-corrected chi connectivity index (χ0v) is 13.9. The maximum absolute atomic E-state index is 12.2. The summed E-state index contributed by atoms with van der Waals surface area (Å²) in [7, 11) is 0. The number of carbonyl (C=O) groups excluding carboxylic acids is 1. The Hall–Kier alpha value is -2.44. The third kappa shape index (κ3) is 3.23. The first-order valence-corrected chi connectivity index (χ1v) is 8.66. The predicted octanol–water partition coefficient (Wildman–Crippen LogP) is 2.04. The van der Waals surface area contributed by atoms with E-state index in [2.05, 4.69) is 0 Å². The van der Waals surface area contributed by atoms with Crippen LogP contribution in [-0.4, -0.2) is 47.4 Å². The van der Waals surface area contributed by atoms with E-state index in [9.17, 15) is 14.7 Å². The van der Waals surface area contributed by atoms with E-state index in [4.69, 9.17) is 14.2 Å². The van der Waals surface area contributed by atoms with Gasteiger partial charge in [0, 0.05) is 38.4 Å². The molecule has 1 N–H and O–H groups in total. The number of nitrogens with zero attached hydrogens (tertiary/aromatic N) is 1. The van der Waals surface area contributed by atoms with Crippen molar-refractivity contribution in [1.29, 1.82) is 0 Å². The Balaban J connectivity index is 1.44. The van der Waals surface area contributed by atoms with Crippen molar-refractivity contribution in [3.8, 4) is 17.2 Å². The minimum atomic E-state index is -1.32. The van der Waals surface area contributed by atoms with Gasteiger partial charge in [0.1, 0.15) is 5.75 Å². The second-order valence-corrected chi connectivity index (χ2v) is 6.94. The van der Waals surface area contributed by atoms with Crippen molar-refractivity contribution < 1.29 is 28.9 Å². The van der Waals surface area contributed by atoms with Crippen LogP contribution in [0.2, 0.25) is 0 Å². The lowest BCUT2D eigenvalue weighted by atomic mass is 9.90. The minimum absolute atomic E-state index is 0.129. The zero-order chi connectivity index (χ0) is 17.4. The van der Waals surface area contributed by atoms with Gasteiger partial charge in [-0.2, -0.15) is 0 Å². The molecule has 3 aliphatic rings. The Bertz CT molecular complexity index is 691. The highest BCUT2D eigenvalue weighted by Crippen LogP contribution is 2.38. The summed E-state index contributed by atoms with van der Waals surface area (Å²) in [4.78, 5) is 25.9. The van der Waals surface area contributed by atoms with Crippen molar-refractivity contribution >= 4 is 11.9 Å². The number of ether oxygens (including phenoxy) is 3. The van der Waals surface area contributed by atoms with Crippen LogP contribution in [0, 0.1) is 5.92 Å². The average molecular weight is 347 g/mol. The molecule has 1 saturated carbocycles. The van der Waals surface area contributed by atoms with Crippen molar-refractivity contribution in [2.75, 3.05) is 19.9 Å². The number of carbonyl (C=O) groups is 2. The number of amides is 1. The van der Waals surface area contributed by atoms with Crippen molar-refractivity contribution in [2.45, 2.75) is 37.7 Å². The maximum Gasteiger partial charge on any atom is 0.348 e. The molecule has 7 heteroatoms. The van der Waals surface area contributed by atoms with Gasteiger partial charge < -0.3 is 24.2 Å². The lowest BCUT2D eigenvalue weighted by Gasteiger charge is -2.39. The third-order valence-corrected chi connectivity index (χ3v) is 5.13. The molecule has 2 heterocycles. The van der Waals surface area contributed by atoms with Crippen LogP contribution < -0.4 is 14.2 Å². The van der Waals surface area contributed by atoms with Crippen molar-refractivity contribution in [3.05, 3.63) is 18.2 Å². The first-order valence-electron chi connectivity index (χ1n) is 8.66. The molecule has 0 spiro atoms. The van der Waals surface area contributed by atoms with Gasteiger partial charge in [0.05, 0.1) is 0 Å². The van der Waals surface area contributed by atoms with E-state index in [0.29, 0.717) is 42.7 Å². The normalized spacial score (nSPS) is 21.0. The van der Waals surface area contributed by atoms with Crippen LogP contribution >= 0.6 is 0 Å². The molecule has 134 valence electrons. The van der Waals surface area contributed by atoms with E-state index in [-0.39, 0.29) is 25.5 Å². The van der Waals surface area contributed by atoms with E-state index in [1.54, 1.807) is 23.1 Å². The number of rotatable bonds is 5. The SMILES string of the molecule is O=C(CC1CC1)N1CCC(Oc2ccc3c(c2)OCO3)(C(=O)O)CC1. The van der Waals surface area contributed by atoms with Gasteiger partial charge in [-0.25, -0.2) is 4.79 Å². The highest BCUT2D eigenvalue weighted by molar-refractivity contribution is 5.80. The van der Waals surface area contributed by atoms with E-state index in [1.807, 2.05) is 0 Å². The molecule has 0 bridgehead atoms. The molecule has 2 aliphatic heterocycles. The summed E-state index contributed by atoms with van der Waals surface area (Å²) in [5, 5.41) is 9.74. The highest BCUT2D eigenvalue weighted by Gasteiger charge is 2.45. The monoisotopic (exact) mass is 347 g/mol. The number of aliphatic carboxylic acids is 1. The van der Waals surface area contributed by atoms with E-state index < -0.39 is 11.6 Å². The number of carboxylic acid groups (broad SMARTS) is 1. The van der Waals surface area contributed by atoms with Crippen LogP contribution in [0.4, 0.5) is 0 Å². The lowest BCUT2D eigenvalue weighted by molar-refractivity contribution is -0.161. The van der Waals surface area contributed by atoms with Crippen LogP contribution in [0.5, 0.6) is 17.2 Å². The number of fused-ring (bicyclic) bond motifs is 1. The molecule has 0 unspecified atom stereocenters. The predicted molar refractivity (Wildman–Crippen MR) is 86.7 cm³/mol. The fraction of sp³-hybridized carbons (Fsp3) is 0.556. The molecular weight excluding hydrogens is 326 g/mol. The van der Waals surface area contributed by atoms with Gasteiger partial charge in [-0.3, -0.25) is 4.79 Å². The fourth-order valence-electron chi connectivity index (χ4n) is 3.34. The molecule has 1 aliphatic carbocycles.